The molecule has 0 atom stereocenters. The number of rotatable bonds is 3. The number of amides is 1. The van der Waals surface area contributed by atoms with Gasteiger partial charge in [-0.25, -0.2) is 0 Å². The van der Waals surface area contributed by atoms with Crippen LogP contribution >= 0.6 is 0 Å². The van der Waals surface area contributed by atoms with Gasteiger partial charge >= 0.3 is 0 Å². The average molecular weight is 299 g/mol. The van der Waals surface area contributed by atoms with Gasteiger partial charge < -0.3 is 19.1 Å². The second-order valence-electron chi connectivity index (χ2n) is 5.67. The molecule has 22 heavy (non-hydrogen) atoms. The molecule has 1 aliphatic rings. The van der Waals surface area contributed by atoms with Crippen molar-refractivity contribution in [3.63, 3.8) is 0 Å². The number of furan rings is 1. The van der Waals surface area contributed by atoms with Crippen molar-refractivity contribution in [1.29, 1.82) is 0 Å². The molecule has 1 fully saturated rings. The van der Waals surface area contributed by atoms with Gasteiger partial charge in [-0.3, -0.25) is 4.79 Å². The lowest BCUT2D eigenvalue weighted by molar-refractivity contribution is 0.0714. The number of carbonyl (C=O) groups excluding carboxylic acids is 1. The van der Waals surface area contributed by atoms with Crippen molar-refractivity contribution in [3.8, 4) is 0 Å². The molecule has 1 aromatic carbocycles. The number of hydrogen-bond acceptors (Lipinski definition) is 4. The summed E-state index contributed by atoms with van der Waals surface area (Å²) >= 11 is 0. The van der Waals surface area contributed by atoms with Crippen LogP contribution in [0.3, 0.4) is 0 Å². The maximum atomic E-state index is 12.2. The Morgan fingerprint density at radius 2 is 1.73 bits per heavy atom. The first-order chi connectivity index (χ1) is 10.6. The number of benzene rings is 1. The number of nitrogens with zero attached hydrogens (tertiary/aromatic N) is 3. The van der Waals surface area contributed by atoms with Crippen LogP contribution in [-0.4, -0.2) is 51.1 Å². The predicted octanol–water partition coefficient (Wildman–Crippen LogP) is 2.31. The summed E-state index contributed by atoms with van der Waals surface area (Å²) in [7, 11) is 4.07. The van der Waals surface area contributed by atoms with Gasteiger partial charge in [0.1, 0.15) is 0 Å². The van der Waals surface area contributed by atoms with Crippen molar-refractivity contribution in [2.75, 3.05) is 50.1 Å². The Labute approximate surface area is 130 Å². The lowest BCUT2D eigenvalue weighted by Crippen LogP contribution is -2.48. The van der Waals surface area contributed by atoms with E-state index in [9.17, 15) is 4.79 Å². The number of carbonyl (C=O) groups is 1. The monoisotopic (exact) mass is 299 g/mol. The highest BCUT2D eigenvalue weighted by Crippen LogP contribution is 2.21. The van der Waals surface area contributed by atoms with Crippen LogP contribution in [0.2, 0.25) is 0 Å². The third-order valence-corrected chi connectivity index (χ3v) is 4.03. The molecule has 0 unspecified atom stereocenters. The van der Waals surface area contributed by atoms with E-state index in [0.29, 0.717) is 5.76 Å². The molecule has 2 heterocycles. The Morgan fingerprint density at radius 3 is 2.27 bits per heavy atom. The summed E-state index contributed by atoms with van der Waals surface area (Å²) in [6.07, 6.45) is 1.54. The third-order valence-electron chi connectivity index (χ3n) is 4.03. The van der Waals surface area contributed by atoms with Gasteiger partial charge in [0, 0.05) is 51.6 Å². The van der Waals surface area contributed by atoms with Crippen molar-refractivity contribution in [3.05, 3.63) is 48.4 Å². The second-order valence-corrected chi connectivity index (χ2v) is 5.67. The first kappa shape index (κ1) is 14.5. The molecule has 5 nitrogen and oxygen atoms in total. The molecule has 0 bridgehead atoms. The van der Waals surface area contributed by atoms with E-state index >= 15 is 0 Å². The highest BCUT2D eigenvalue weighted by atomic mass is 16.3. The molecule has 0 aliphatic carbocycles. The first-order valence-corrected chi connectivity index (χ1v) is 7.50. The summed E-state index contributed by atoms with van der Waals surface area (Å²) in [5, 5.41) is 0. The molecule has 3 rings (SSSR count). The number of anilines is 2. The molecule has 0 saturated carbocycles. The maximum Gasteiger partial charge on any atom is 0.289 e. The van der Waals surface area contributed by atoms with Crippen molar-refractivity contribution in [2.45, 2.75) is 0 Å². The summed E-state index contributed by atoms with van der Waals surface area (Å²) in [5.74, 6) is 0.399. The minimum absolute atomic E-state index is 0.0207. The summed E-state index contributed by atoms with van der Waals surface area (Å²) < 4.78 is 5.19. The minimum Gasteiger partial charge on any atom is -0.459 e. The predicted molar refractivity (Wildman–Crippen MR) is 87.6 cm³/mol. The molecule has 1 aromatic heterocycles. The molecule has 0 radical (unpaired) electrons. The van der Waals surface area contributed by atoms with Gasteiger partial charge in [-0.1, -0.05) is 0 Å². The Bertz CT molecular complexity index is 612. The fourth-order valence-corrected chi connectivity index (χ4v) is 2.69. The van der Waals surface area contributed by atoms with Gasteiger partial charge in [0.05, 0.1) is 6.26 Å². The fourth-order valence-electron chi connectivity index (χ4n) is 2.69. The topological polar surface area (TPSA) is 39.9 Å². The van der Waals surface area contributed by atoms with Gasteiger partial charge in [-0.05, 0) is 36.4 Å². The highest BCUT2D eigenvalue weighted by Gasteiger charge is 2.23. The fraction of sp³-hybridized carbons (Fsp3) is 0.353. The quantitative estimate of drug-likeness (QED) is 0.872. The van der Waals surface area contributed by atoms with E-state index in [1.54, 1.807) is 12.1 Å². The zero-order valence-corrected chi connectivity index (χ0v) is 13.0. The van der Waals surface area contributed by atoms with Crippen LogP contribution in [0.5, 0.6) is 0 Å². The second kappa shape index (κ2) is 6.13. The molecule has 1 amide bonds. The lowest BCUT2D eigenvalue weighted by Gasteiger charge is -2.35. The van der Waals surface area contributed by atoms with E-state index in [-0.39, 0.29) is 5.91 Å². The van der Waals surface area contributed by atoms with Crippen LogP contribution in [0.25, 0.3) is 0 Å². The van der Waals surface area contributed by atoms with Crippen LogP contribution < -0.4 is 9.80 Å². The lowest BCUT2D eigenvalue weighted by atomic mass is 10.2. The average Bonchev–Trinajstić information content (AvgIpc) is 3.09. The van der Waals surface area contributed by atoms with Gasteiger partial charge in [0.2, 0.25) is 0 Å². The molecule has 2 aromatic rings. The minimum atomic E-state index is -0.0207. The summed E-state index contributed by atoms with van der Waals surface area (Å²) in [6, 6.07) is 12.0. The van der Waals surface area contributed by atoms with Crippen LogP contribution in [0, 0.1) is 0 Å². The Balaban J connectivity index is 1.60. The van der Waals surface area contributed by atoms with Crippen molar-refractivity contribution in [2.24, 2.45) is 0 Å². The largest absolute Gasteiger partial charge is 0.459 e. The molecule has 0 spiro atoms. The Hall–Kier alpha value is -2.43. The van der Waals surface area contributed by atoms with Gasteiger partial charge in [-0.2, -0.15) is 0 Å². The molecule has 1 aliphatic heterocycles. The molecule has 1 saturated heterocycles. The van der Waals surface area contributed by atoms with Crippen molar-refractivity contribution >= 4 is 17.3 Å². The van der Waals surface area contributed by atoms with Crippen molar-refractivity contribution in [1.82, 2.24) is 4.90 Å². The van der Waals surface area contributed by atoms with E-state index in [1.807, 2.05) is 19.0 Å². The van der Waals surface area contributed by atoms with Gasteiger partial charge in [0.15, 0.2) is 5.76 Å². The van der Waals surface area contributed by atoms with E-state index < -0.39 is 0 Å². The smallest absolute Gasteiger partial charge is 0.289 e. The highest BCUT2D eigenvalue weighted by molar-refractivity contribution is 5.91. The first-order valence-electron chi connectivity index (χ1n) is 7.50. The van der Waals surface area contributed by atoms with Crippen LogP contribution in [0.4, 0.5) is 11.4 Å². The van der Waals surface area contributed by atoms with Gasteiger partial charge in [0.25, 0.3) is 5.91 Å². The molecule has 0 N–H and O–H groups in total. The maximum absolute atomic E-state index is 12.2. The number of hydrogen-bond donors (Lipinski definition) is 0. The zero-order chi connectivity index (χ0) is 15.5. The van der Waals surface area contributed by atoms with Crippen LogP contribution in [0.15, 0.2) is 47.1 Å². The van der Waals surface area contributed by atoms with Gasteiger partial charge in [-0.15, -0.1) is 0 Å². The van der Waals surface area contributed by atoms with E-state index in [0.717, 1.165) is 26.2 Å². The van der Waals surface area contributed by atoms with Crippen LogP contribution in [0.1, 0.15) is 10.6 Å². The third kappa shape index (κ3) is 2.93. The van der Waals surface area contributed by atoms with Crippen molar-refractivity contribution < 1.29 is 9.21 Å². The Morgan fingerprint density at radius 1 is 1.05 bits per heavy atom. The standard InChI is InChI=1S/C17H21N3O2/c1-18(2)14-5-7-15(8-6-14)19-9-11-20(12-10-19)17(21)16-4-3-13-22-16/h3-8,13H,9-12H2,1-2H3. The van der Waals surface area contributed by atoms with Crippen LogP contribution in [-0.2, 0) is 0 Å². The Kier molecular flexibility index (Phi) is 4.04. The SMILES string of the molecule is CN(C)c1ccc(N2CCN(C(=O)c3ccco3)CC2)cc1. The zero-order valence-electron chi connectivity index (χ0n) is 13.0. The molecule has 116 valence electrons. The molecule has 5 heteroatoms. The molecular weight excluding hydrogens is 278 g/mol. The van der Waals surface area contributed by atoms with E-state index in [2.05, 4.69) is 34.1 Å². The number of piperazine rings is 1. The van der Waals surface area contributed by atoms with E-state index in [4.69, 9.17) is 4.42 Å². The molecular formula is C17H21N3O2. The summed E-state index contributed by atoms with van der Waals surface area (Å²) in [4.78, 5) is 18.5. The summed E-state index contributed by atoms with van der Waals surface area (Å²) in [5.41, 5.74) is 2.39. The summed E-state index contributed by atoms with van der Waals surface area (Å²) in [6.45, 7) is 3.12. The normalized spacial score (nSPS) is 15.0. The van der Waals surface area contributed by atoms with E-state index in [1.165, 1.54) is 17.6 Å².